The minimum atomic E-state index is -0.371. The summed E-state index contributed by atoms with van der Waals surface area (Å²) in [4.78, 5) is 29.0. The fraction of sp³-hybridized carbons (Fsp3) is 0.619. The minimum absolute atomic E-state index is 0.0419. The van der Waals surface area contributed by atoms with Crippen molar-refractivity contribution in [3.8, 4) is 0 Å². The second-order valence-corrected chi connectivity index (χ2v) is 8.24. The van der Waals surface area contributed by atoms with Crippen LogP contribution < -0.4 is 5.32 Å². The van der Waals surface area contributed by atoms with Gasteiger partial charge in [-0.3, -0.25) is 4.79 Å². The standard InChI is InChI=1S/C21H29N3O3/c1-2-10-22-20(27)23-13-21(14-23)19(16-6-4-3-5-7-16)17(12-25)24(21)18(26)11-15-8-9-15/h3-7,15,17,19,25H,2,8-14H2,1H3,(H,22,27)/t17-,19-/m1/s1. The zero-order valence-electron chi connectivity index (χ0n) is 15.9. The van der Waals surface area contributed by atoms with Crippen molar-refractivity contribution in [2.45, 2.75) is 50.1 Å². The van der Waals surface area contributed by atoms with Crippen molar-refractivity contribution >= 4 is 11.9 Å². The minimum Gasteiger partial charge on any atom is -0.394 e. The highest BCUT2D eigenvalue weighted by molar-refractivity contribution is 5.82. The van der Waals surface area contributed by atoms with E-state index in [-0.39, 0.29) is 36.0 Å². The molecule has 1 spiro atoms. The van der Waals surface area contributed by atoms with Crippen LogP contribution in [0.4, 0.5) is 4.79 Å². The molecule has 0 bridgehead atoms. The molecule has 3 amide bonds. The second-order valence-electron chi connectivity index (χ2n) is 8.24. The van der Waals surface area contributed by atoms with E-state index in [2.05, 4.69) is 17.4 Å². The Balaban J connectivity index is 1.55. The number of benzene rings is 1. The number of aliphatic hydroxyl groups excluding tert-OH is 1. The third-order valence-electron chi connectivity index (χ3n) is 6.29. The molecule has 3 aliphatic rings. The molecule has 0 unspecified atom stereocenters. The molecule has 2 atom stereocenters. The van der Waals surface area contributed by atoms with Gasteiger partial charge in [0, 0.05) is 32.0 Å². The Morgan fingerprint density at radius 1 is 1.22 bits per heavy atom. The van der Waals surface area contributed by atoms with Crippen LogP contribution in [0.25, 0.3) is 0 Å². The summed E-state index contributed by atoms with van der Waals surface area (Å²) in [5.74, 6) is 0.716. The number of hydrogen-bond acceptors (Lipinski definition) is 3. The van der Waals surface area contributed by atoms with Gasteiger partial charge in [-0.1, -0.05) is 37.3 Å². The lowest BCUT2D eigenvalue weighted by Gasteiger charge is -2.70. The Kier molecular flexibility index (Phi) is 4.84. The largest absolute Gasteiger partial charge is 0.394 e. The predicted molar refractivity (Wildman–Crippen MR) is 102 cm³/mol. The van der Waals surface area contributed by atoms with Crippen LogP contribution in [0.5, 0.6) is 0 Å². The van der Waals surface area contributed by atoms with E-state index in [0.29, 0.717) is 32.0 Å². The Morgan fingerprint density at radius 2 is 1.93 bits per heavy atom. The highest BCUT2D eigenvalue weighted by Gasteiger charge is 2.68. The zero-order chi connectivity index (χ0) is 19.0. The molecule has 3 fully saturated rings. The van der Waals surface area contributed by atoms with Crippen molar-refractivity contribution in [2.24, 2.45) is 5.92 Å². The quantitative estimate of drug-likeness (QED) is 0.803. The third-order valence-corrected chi connectivity index (χ3v) is 6.29. The molecule has 146 valence electrons. The van der Waals surface area contributed by atoms with Crippen molar-refractivity contribution in [1.82, 2.24) is 15.1 Å². The maximum absolute atomic E-state index is 13.0. The Morgan fingerprint density at radius 3 is 2.52 bits per heavy atom. The van der Waals surface area contributed by atoms with Gasteiger partial charge in [0.05, 0.1) is 18.2 Å². The fourth-order valence-electron chi connectivity index (χ4n) is 4.84. The van der Waals surface area contributed by atoms with Crippen LogP contribution in [0.15, 0.2) is 30.3 Å². The van der Waals surface area contributed by atoms with Crippen molar-refractivity contribution in [3.63, 3.8) is 0 Å². The first kappa shape index (κ1) is 18.3. The van der Waals surface area contributed by atoms with Gasteiger partial charge in [-0.2, -0.15) is 0 Å². The van der Waals surface area contributed by atoms with E-state index < -0.39 is 0 Å². The molecule has 1 aliphatic carbocycles. The number of nitrogens with zero attached hydrogens (tertiary/aromatic N) is 2. The lowest BCUT2D eigenvalue weighted by Crippen LogP contribution is -2.86. The molecule has 1 aromatic rings. The van der Waals surface area contributed by atoms with Crippen molar-refractivity contribution < 1.29 is 14.7 Å². The fourth-order valence-corrected chi connectivity index (χ4v) is 4.84. The molecule has 2 saturated heterocycles. The van der Waals surface area contributed by atoms with Gasteiger partial charge in [0.2, 0.25) is 5.91 Å². The number of carbonyl (C=O) groups is 2. The van der Waals surface area contributed by atoms with Gasteiger partial charge in [0.25, 0.3) is 0 Å². The molecule has 2 heterocycles. The smallest absolute Gasteiger partial charge is 0.317 e. The molecule has 4 rings (SSSR count). The summed E-state index contributed by atoms with van der Waals surface area (Å²) in [5, 5.41) is 13.0. The average molecular weight is 371 g/mol. The average Bonchev–Trinajstić information content (AvgIpc) is 3.43. The molecule has 2 N–H and O–H groups in total. The van der Waals surface area contributed by atoms with E-state index in [1.807, 2.05) is 30.0 Å². The summed E-state index contributed by atoms with van der Waals surface area (Å²) in [6, 6.07) is 9.85. The van der Waals surface area contributed by atoms with E-state index in [1.165, 1.54) is 0 Å². The topological polar surface area (TPSA) is 72.9 Å². The maximum Gasteiger partial charge on any atom is 0.317 e. The number of hydrogen-bond donors (Lipinski definition) is 2. The van der Waals surface area contributed by atoms with Gasteiger partial charge in [-0.15, -0.1) is 0 Å². The van der Waals surface area contributed by atoms with E-state index >= 15 is 0 Å². The lowest BCUT2D eigenvalue weighted by molar-refractivity contribution is -0.193. The number of carbonyl (C=O) groups excluding carboxylic acids is 2. The van der Waals surface area contributed by atoms with Crippen molar-refractivity contribution in [2.75, 3.05) is 26.2 Å². The Bertz CT molecular complexity index is 698. The monoisotopic (exact) mass is 371 g/mol. The highest BCUT2D eigenvalue weighted by atomic mass is 16.3. The van der Waals surface area contributed by atoms with E-state index in [4.69, 9.17) is 0 Å². The molecule has 2 aliphatic heterocycles. The predicted octanol–water partition coefficient (Wildman–Crippen LogP) is 1.95. The third kappa shape index (κ3) is 3.10. The van der Waals surface area contributed by atoms with E-state index in [1.54, 1.807) is 4.90 Å². The van der Waals surface area contributed by atoms with Crippen LogP contribution in [0.2, 0.25) is 0 Å². The van der Waals surface area contributed by atoms with Crippen molar-refractivity contribution in [3.05, 3.63) is 35.9 Å². The first-order valence-corrected chi connectivity index (χ1v) is 10.1. The first-order valence-electron chi connectivity index (χ1n) is 10.1. The van der Waals surface area contributed by atoms with Gasteiger partial charge >= 0.3 is 6.03 Å². The molecule has 1 aromatic carbocycles. The maximum atomic E-state index is 13.0. The van der Waals surface area contributed by atoms with Crippen LogP contribution in [0, 0.1) is 5.92 Å². The van der Waals surface area contributed by atoms with Gasteiger partial charge < -0.3 is 20.2 Å². The Labute approximate surface area is 160 Å². The van der Waals surface area contributed by atoms with E-state index in [0.717, 1.165) is 24.8 Å². The van der Waals surface area contributed by atoms with Crippen molar-refractivity contribution in [1.29, 1.82) is 0 Å². The van der Waals surface area contributed by atoms with Crippen LogP contribution in [0.1, 0.15) is 44.1 Å². The number of likely N-dealkylation sites (tertiary alicyclic amines) is 2. The summed E-state index contributed by atoms with van der Waals surface area (Å²) >= 11 is 0. The summed E-state index contributed by atoms with van der Waals surface area (Å²) in [6.07, 6.45) is 3.73. The molecule has 0 radical (unpaired) electrons. The number of urea groups is 1. The molecular formula is C21H29N3O3. The molecule has 6 nitrogen and oxygen atoms in total. The number of rotatable bonds is 6. The summed E-state index contributed by atoms with van der Waals surface area (Å²) in [5.41, 5.74) is 0.769. The number of amides is 3. The lowest BCUT2D eigenvalue weighted by atomic mass is 9.60. The van der Waals surface area contributed by atoms with Crippen LogP contribution in [0.3, 0.4) is 0 Å². The first-order chi connectivity index (χ1) is 13.1. The number of nitrogens with one attached hydrogen (secondary N) is 1. The Hall–Kier alpha value is -2.08. The summed E-state index contributed by atoms with van der Waals surface area (Å²) in [6.45, 7) is 3.72. The molecule has 1 saturated carbocycles. The highest BCUT2D eigenvalue weighted by Crippen LogP contribution is 2.54. The van der Waals surface area contributed by atoms with Gasteiger partial charge in [0.15, 0.2) is 0 Å². The summed E-state index contributed by atoms with van der Waals surface area (Å²) in [7, 11) is 0. The van der Waals surface area contributed by atoms with Crippen LogP contribution >= 0.6 is 0 Å². The molecular weight excluding hydrogens is 342 g/mol. The number of aliphatic hydroxyl groups is 1. The van der Waals surface area contributed by atoms with Crippen LogP contribution in [-0.2, 0) is 4.79 Å². The van der Waals surface area contributed by atoms with Gasteiger partial charge in [0.1, 0.15) is 0 Å². The SMILES string of the molecule is CCCNC(=O)N1CC2(C1)[C@H](c1ccccc1)[C@@H](CO)N2C(=O)CC1CC1. The molecule has 6 heteroatoms. The second kappa shape index (κ2) is 7.15. The van der Waals surface area contributed by atoms with Gasteiger partial charge in [-0.25, -0.2) is 4.79 Å². The zero-order valence-corrected chi connectivity index (χ0v) is 15.9. The van der Waals surface area contributed by atoms with Crippen LogP contribution in [-0.4, -0.2) is 64.7 Å². The normalized spacial score (nSPS) is 25.7. The van der Waals surface area contributed by atoms with Gasteiger partial charge in [-0.05, 0) is 30.7 Å². The van der Waals surface area contributed by atoms with E-state index in [9.17, 15) is 14.7 Å². The molecule has 0 aromatic heterocycles. The summed E-state index contributed by atoms with van der Waals surface area (Å²) < 4.78 is 0. The molecule has 27 heavy (non-hydrogen) atoms.